The number of benzene rings is 3. The van der Waals surface area contributed by atoms with Gasteiger partial charge in [-0.3, -0.25) is 4.79 Å². The lowest BCUT2D eigenvalue weighted by Crippen LogP contribution is -2.39. The molecule has 0 unspecified atom stereocenters. The molecule has 1 N–H and O–H groups in total. The maximum Gasteiger partial charge on any atom is 0.261 e. The van der Waals surface area contributed by atoms with E-state index in [2.05, 4.69) is 5.32 Å². The van der Waals surface area contributed by atoms with Crippen molar-refractivity contribution in [2.75, 3.05) is 0 Å². The lowest BCUT2D eigenvalue weighted by Gasteiger charge is -2.24. The predicted molar refractivity (Wildman–Crippen MR) is 109 cm³/mol. The largest absolute Gasteiger partial charge is 0.479 e. The second-order valence-corrected chi connectivity index (χ2v) is 6.81. The normalized spacial score (nSPS) is 12.9. The summed E-state index contributed by atoms with van der Waals surface area (Å²) in [4.78, 5) is 12.8. The monoisotopic (exact) mass is 379 g/mol. The molecule has 0 bridgehead atoms. The van der Waals surface area contributed by atoms with E-state index in [4.69, 9.17) is 16.3 Å². The summed E-state index contributed by atoms with van der Waals surface area (Å²) in [7, 11) is 0. The first kappa shape index (κ1) is 19.0. The van der Waals surface area contributed by atoms with E-state index in [1.807, 2.05) is 73.7 Å². The molecule has 3 aromatic carbocycles. The molecular formula is C23H22ClNO2. The number of para-hydroxylation sites is 1. The minimum Gasteiger partial charge on any atom is -0.479 e. The van der Waals surface area contributed by atoms with Crippen molar-refractivity contribution in [2.45, 2.75) is 26.0 Å². The van der Waals surface area contributed by atoms with Gasteiger partial charge in [-0.15, -0.1) is 0 Å². The Hall–Kier alpha value is -2.78. The molecule has 3 aromatic rings. The van der Waals surface area contributed by atoms with Crippen LogP contribution in [0, 0.1) is 6.92 Å². The van der Waals surface area contributed by atoms with Gasteiger partial charge < -0.3 is 10.1 Å². The predicted octanol–water partition coefficient (Wildman–Crippen LogP) is 5.32. The molecule has 27 heavy (non-hydrogen) atoms. The topological polar surface area (TPSA) is 38.3 Å². The van der Waals surface area contributed by atoms with Crippen LogP contribution in [0.2, 0.25) is 5.02 Å². The third kappa shape index (κ3) is 4.69. The van der Waals surface area contributed by atoms with E-state index in [1.54, 1.807) is 19.1 Å². The van der Waals surface area contributed by atoms with Crippen molar-refractivity contribution >= 4 is 17.5 Å². The fraction of sp³-hybridized carbons (Fsp3) is 0.174. The number of ether oxygens (including phenoxy) is 1. The Balaban J connectivity index is 1.83. The maximum absolute atomic E-state index is 12.8. The average Bonchev–Trinajstić information content (AvgIpc) is 2.69. The Labute approximate surface area is 164 Å². The van der Waals surface area contributed by atoms with Gasteiger partial charge in [0.15, 0.2) is 6.10 Å². The fourth-order valence-corrected chi connectivity index (χ4v) is 3.12. The number of carbonyl (C=O) groups excluding carboxylic acids is 1. The summed E-state index contributed by atoms with van der Waals surface area (Å²) in [5.41, 5.74) is 3.19. The number of halogens is 1. The van der Waals surface area contributed by atoms with E-state index >= 15 is 0 Å². The number of rotatable bonds is 6. The highest BCUT2D eigenvalue weighted by atomic mass is 35.5. The number of aryl methyl sites for hydroxylation is 1. The van der Waals surface area contributed by atoms with E-state index in [9.17, 15) is 4.79 Å². The van der Waals surface area contributed by atoms with Crippen LogP contribution in [0.1, 0.15) is 29.7 Å². The first-order valence-corrected chi connectivity index (χ1v) is 9.26. The van der Waals surface area contributed by atoms with Crippen LogP contribution >= 0.6 is 11.6 Å². The number of nitrogens with one attached hydrogen (secondary N) is 1. The van der Waals surface area contributed by atoms with E-state index in [1.165, 1.54) is 0 Å². The zero-order valence-corrected chi connectivity index (χ0v) is 16.1. The Morgan fingerprint density at radius 2 is 1.56 bits per heavy atom. The summed E-state index contributed by atoms with van der Waals surface area (Å²) in [5, 5.41) is 3.60. The van der Waals surface area contributed by atoms with E-state index in [0.29, 0.717) is 10.8 Å². The van der Waals surface area contributed by atoms with E-state index < -0.39 is 6.10 Å². The molecule has 0 aliphatic rings. The zero-order chi connectivity index (χ0) is 19.2. The lowest BCUT2D eigenvalue weighted by molar-refractivity contribution is -0.127. The molecule has 138 valence electrons. The van der Waals surface area contributed by atoms with Gasteiger partial charge in [-0.25, -0.2) is 0 Å². The highest BCUT2D eigenvalue weighted by Gasteiger charge is 2.23. The van der Waals surface area contributed by atoms with Gasteiger partial charge in [-0.1, -0.05) is 78.3 Å². The van der Waals surface area contributed by atoms with Gasteiger partial charge in [0.2, 0.25) is 0 Å². The fourth-order valence-electron chi connectivity index (χ4n) is 2.94. The smallest absolute Gasteiger partial charge is 0.261 e. The molecule has 4 heteroatoms. The molecule has 0 fully saturated rings. The highest BCUT2D eigenvalue weighted by molar-refractivity contribution is 6.32. The van der Waals surface area contributed by atoms with Gasteiger partial charge >= 0.3 is 0 Å². The van der Waals surface area contributed by atoms with E-state index in [0.717, 1.165) is 16.7 Å². The summed E-state index contributed by atoms with van der Waals surface area (Å²) >= 11 is 6.13. The van der Waals surface area contributed by atoms with Crippen molar-refractivity contribution in [3.8, 4) is 5.75 Å². The standard InChI is InChI=1S/C23H22ClNO2/c1-16-10-6-7-13-19(16)22(18-11-4-3-5-12-18)25-23(26)17(2)27-21-15-9-8-14-20(21)24/h3-15,17,22H,1-2H3,(H,25,26)/t17-,22+/m1/s1. The summed E-state index contributed by atoms with van der Waals surface area (Å²) in [5.74, 6) is 0.293. The van der Waals surface area contributed by atoms with Crippen LogP contribution in [0.15, 0.2) is 78.9 Å². The van der Waals surface area contributed by atoms with Crippen LogP contribution in [-0.4, -0.2) is 12.0 Å². The maximum atomic E-state index is 12.8. The highest BCUT2D eigenvalue weighted by Crippen LogP contribution is 2.26. The summed E-state index contributed by atoms with van der Waals surface area (Å²) in [6, 6.07) is 24.9. The molecule has 1 amide bonds. The van der Waals surface area contributed by atoms with Gasteiger partial charge in [0.25, 0.3) is 5.91 Å². The first-order valence-electron chi connectivity index (χ1n) is 8.88. The van der Waals surface area contributed by atoms with Crippen molar-refractivity contribution < 1.29 is 9.53 Å². The molecule has 0 heterocycles. The minimum absolute atomic E-state index is 0.202. The number of hydrogen-bond acceptors (Lipinski definition) is 2. The van der Waals surface area contributed by atoms with Crippen molar-refractivity contribution in [1.29, 1.82) is 0 Å². The number of hydrogen-bond donors (Lipinski definition) is 1. The molecule has 0 saturated carbocycles. The molecule has 0 aromatic heterocycles. The molecular weight excluding hydrogens is 358 g/mol. The Morgan fingerprint density at radius 3 is 2.26 bits per heavy atom. The van der Waals surface area contributed by atoms with Gasteiger partial charge in [-0.05, 0) is 42.7 Å². The number of amides is 1. The molecule has 0 saturated heterocycles. The third-order valence-electron chi connectivity index (χ3n) is 4.43. The van der Waals surface area contributed by atoms with Crippen molar-refractivity contribution in [2.24, 2.45) is 0 Å². The number of carbonyl (C=O) groups is 1. The van der Waals surface area contributed by atoms with Gasteiger partial charge in [0.1, 0.15) is 5.75 Å². The van der Waals surface area contributed by atoms with Crippen LogP contribution in [0.25, 0.3) is 0 Å². The van der Waals surface area contributed by atoms with Crippen molar-refractivity contribution in [3.63, 3.8) is 0 Å². The SMILES string of the molecule is Cc1ccccc1[C@@H](NC(=O)[C@@H](C)Oc1ccccc1Cl)c1ccccc1. The van der Waals surface area contributed by atoms with E-state index in [-0.39, 0.29) is 11.9 Å². The zero-order valence-electron chi connectivity index (χ0n) is 15.4. The quantitative estimate of drug-likeness (QED) is 0.629. The molecule has 0 aliphatic carbocycles. The van der Waals surface area contributed by atoms with Crippen LogP contribution < -0.4 is 10.1 Å². The Bertz CT molecular complexity index is 911. The Morgan fingerprint density at radius 1 is 0.926 bits per heavy atom. The molecule has 3 rings (SSSR count). The summed E-state index contributed by atoms with van der Waals surface area (Å²) < 4.78 is 5.77. The summed E-state index contributed by atoms with van der Waals surface area (Å²) in [6.45, 7) is 3.76. The van der Waals surface area contributed by atoms with Crippen molar-refractivity contribution in [1.82, 2.24) is 5.32 Å². The second-order valence-electron chi connectivity index (χ2n) is 6.40. The van der Waals surface area contributed by atoms with Gasteiger partial charge in [0.05, 0.1) is 11.1 Å². The molecule has 0 spiro atoms. The molecule has 3 nitrogen and oxygen atoms in total. The lowest BCUT2D eigenvalue weighted by atomic mass is 9.95. The third-order valence-corrected chi connectivity index (χ3v) is 4.74. The average molecular weight is 380 g/mol. The van der Waals surface area contributed by atoms with Crippen molar-refractivity contribution in [3.05, 3.63) is 101 Å². The first-order chi connectivity index (χ1) is 13.1. The van der Waals surface area contributed by atoms with Crippen LogP contribution in [0.3, 0.4) is 0 Å². The molecule has 2 atom stereocenters. The molecule has 0 aliphatic heterocycles. The van der Waals surface area contributed by atoms with Crippen LogP contribution in [0.4, 0.5) is 0 Å². The minimum atomic E-state index is -0.680. The Kier molecular flexibility index (Phi) is 6.15. The second kappa shape index (κ2) is 8.74. The van der Waals surface area contributed by atoms with Gasteiger partial charge in [-0.2, -0.15) is 0 Å². The van der Waals surface area contributed by atoms with Crippen LogP contribution in [0.5, 0.6) is 5.75 Å². The summed E-state index contributed by atoms with van der Waals surface area (Å²) in [6.07, 6.45) is -0.680. The van der Waals surface area contributed by atoms with Gasteiger partial charge in [0, 0.05) is 0 Å². The molecule has 0 radical (unpaired) electrons. The van der Waals surface area contributed by atoms with Crippen LogP contribution in [-0.2, 0) is 4.79 Å².